The van der Waals surface area contributed by atoms with Crippen LogP contribution in [0.25, 0.3) is 0 Å². The summed E-state index contributed by atoms with van der Waals surface area (Å²) in [6.07, 6.45) is 3.32. The standard InChI is InChI=1S/C16H18N4O3/c1-19-8-7-18-15(19)16(22)20-10-12(9-13(20)14(17)21)23-11-5-3-2-4-6-11/h2-8,12-13H,9-10H2,1H3,(H2,17,21)/t12-,13-/m0/s1. The Morgan fingerprint density at radius 2 is 2.04 bits per heavy atom. The molecule has 2 heterocycles. The number of nitrogens with zero attached hydrogens (tertiary/aromatic N) is 3. The van der Waals surface area contributed by atoms with Crippen molar-refractivity contribution in [3.05, 3.63) is 48.5 Å². The zero-order valence-corrected chi connectivity index (χ0v) is 12.8. The SMILES string of the molecule is Cn1ccnc1C(=O)N1C[C@@H](Oc2ccccc2)C[C@H]1C(N)=O. The van der Waals surface area contributed by atoms with Gasteiger partial charge >= 0.3 is 0 Å². The van der Waals surface area contributed by atoms with Crippen molar-refractivity contribution < 1.29 is 14.3 Å². The second kappa shape index (κ2) is 6.12. The average Bonchev–Trinajstić information content (AvgIpc) is 3.14. The first-order valence-corrected chi connectivity index (χ1v) is 7.35. The molecule has 120 valence electrons. The molecule has 3 rings (SSSR count). The molecule has 2 amide bonds. The maximum atomic E-state index is 12.6. The number of benzene rings is 1. The molecule has 1 aliphatic heterocycles. The lowest BCUT2D eigenvalue weighted by Crippen LogP contribution is -2.44. The second-order valence-electron chi connectivity index (χ2n) is 5.53. The number of hydrogen-bond acceptors (Lipinski definition) is 4. The highest BCUT2D eigenvalue weighted by Gasteiger charge is 2.41. The highest BCUT2D eigenvalue weighted by molar-refractivity contribution is 5.95. The van der Waals surface area contributed by atoms with Crippen molar-refractivity contribution in [2.45, 2.75) is 18.6 Å². The Morgan fingerprint density at radius 1 is 1.30 bits per heavy atom. The van der Waals surface area contributed by atoms with Gasteiger partial charge in [-0.2, -0.15) is 0 Å². The molecule has 2 atom stereocenters. The average molecular weight is 314 g/mol. The van der Waals surface area contributed by atoms with Crippen molar-refractivity contribution in [3.63, 3.8) is 0 Å². The zero-order chi connectivity index (χ0) is 16.4. The van der Waals surface area contributed by atoms with Gasteiger partial charge in [-0.05, 0) is 12.1 Å². The number of amides is 2. The minimum absolute atomic E-state index is 0.275. The van der Waals surface area contributed by atoms with Gasteiger partial charge in [0.15, 0.2) is 5.82 Å². The van der Waals surface area contributed by atoms with E-state index in [9.17, 15) is 9.59 Å². The monoisotopic (exact) mass is 314 g/mol. The van der Waals surface area contributed by atoms with Crippen molar-refractivity contribution in [2.75, 3.05) is 6.54 Å². The molecule has 1 saturated heterocycles. The summed E-state index contributed by atoms with van der Waals surface area (Å²) in [5.74, 6) is 0.121. The smallest absolute Gasteiger partial charge is 0.290 e. The number of hydrogen-bond donors (Lipinski definition) is 1. The lowest BCUT2D eigenvalue weighted by Gasteiger charge is -2.21. The van der Waals surface area contributed by atoms with Gasteiger partial charge in [0.25, 0.3) is 5.91 Å². The fourth-order valence-corrected chi connectivity index (χ4v) is 2.77. The van der Waals surface area contributed by atoms with Crippen LogP contribution in [-0.2, 0) is 11.8 Å². The Bertz CT molecular complexity index is 713. The topological polar surface area (TPSA) is 90.4 Å². The molecular formula is C16H18N4O3. The molecule has 2 aromatic rings. The summed E-state index contributed by atoms with van der Waals surface area (Å²) >= 11 is 0. The van der Waals surface area contributed by atoms with Crippen molar-refractivity contribution in [2.24, 2.45) is 12.8 Å². The molecule has 23 heavy (non-hydrogen) atoms. The van der Waals surface area contributed by atoms with Crippen LogP contribution in [0.15, 0.2) is 42.7 Å². The molecule has 0 bridgehead atoms. The fourth-order valence-electron chi connectivity index (χ4n) is 2.77. The molecule has 1 aliphatic rings. The zero-order valence-electron chi connectivity index (χ0n) is 12.8. The van der Waals surface area contributed by atoms with Crippen LogP contribution < -0.4 is 10.5 Å². The third-order valence-corrected chi connectivity index (χ3v) is 3.91. The number of primary amides is 1. The van der Waals surface area contributed by atoms with Crippen LogP contribution in [-0.4, -0.2) is 45.0 Å². The van der Waals surface area contributed by atoms with E-state index in [-0.39, 0.29) is 17.8 Å². The first kappa shape index (κ1) is 15.1. The molecule has 0 radical (unpaired) electrons. The Labute approximate surface area is 133 Å². The van der Waals surface area contributed by atoms with E-state index in [1.54, 1.807) is 24.0 Å². The molecule has 0 saturated carbocycles. The van der Waals surface area contributed by atoms with E-state index < -0.39 is 11.9 Å². The van der Waals surface area contributed by atoms with E-state index in [4.69, 9.17) is 10.5 Å². The Morgan fingerprint density at radius 3 is 2.65 bits per heavy atom. The van der Waals surface area contributed by atoms with Gasteiger partial charge in [0.2, 0.25) is 5.91 Å². The molecule has 1 aromatic carbocycles. The van der Waals surface area contributed by atoms with Gasteiger partial charge < -0.3 is 19.9 Å². The van der Waals surface area contributed by atoms with Crippen LogP contribution in [0.2, 0.25) is 0 Å². The Hall–Kier alpha value is -2.83. The molecular weight excluding hydrogens is 296 g/mol. The van der Waals surface area contributed by atoms with Crippen molar-refractivity contribution in [1.29, 1.82) is 0 Å². The van der Waals surface area contributed by atoms with E-state index in [1.165, 1.54) is 4.90 Å². The predicted molar refractivity (Wildman–Crippen MR) is 82.7 cm³/mol. The Balaban J connectivity index is 1.78. The molecule has 7 heteroatoms. The predicted octanol–water partition coefficient (Wildman–Crippen LogP) is 0.567. The number of nitrogens with two attached hydrogens (primary N) is 1. The molecule has 0 unspecified atom stereocenters. The maximum Gasteiger partial charge on any atom is 0.290 e. The highest BCUT2D eigenvalue weighted by Crippen LogP contribution is 2.24. The minimum atomic E-state index is -0.687. The number of aryl methyl sites for hydroxylation is 1. The first-order chi connectivity index (χ1) is 11.1. The summed E-state index contributed by atoms with van der Waals surface area (Å²) < 4.78 is 7.47. The number of para-hydroxylation sites is 1. The second-order valence-corrected chi connectivity index (χ2v) is 5.53. The largest absolute Gasteiger partial charge is 0.488 e. The van der Waals surface area contributed by atoms with E-state index in [0.717, 1.165) is 0 Å². The van der Waals surface area contributed by atoms with E-state index in [2.05, 4.69) is 4.98 Å². The van der Waals surface area contributed by atoms with Gasteiger partial charge in [-0.15, -0.1) is 0 Å². The summed E-state index contributed by atoms with van der Waals surface area (Å²) in [5, 5.41) is 0. The number of aromatic nitrogens is 2. The molecule has 0 spiro atoms. The number of likely N-dealkylation sites (tertiary alicyclic amines) is 1. The molecule has 1 aromatic heterocycles. The molecule has 0 aliphatic carbocycles. The fraction of sp³-hybridized carbons (Fsp3) is 0.312. The highest BCUT2D eigenvalue weighted by atomic mass is 16.5. The van der Waals surface area contributed by atoms with Crippen molar-refractivity contribution >= 4 is 11.8 Å². The summed E-state index contributed by atoms with van der Waals surface area (Å²) in [6, 6.07) is 8.61. The first-order valence-electron chi connectivity index (χ1n) is 7.35. The van der Waals surface area contributed by atoms with Gasteiger partial charge in [0.1, 0.15) is 17.9 Å². The van der Waals surface area contributed by atoms with Gasteiger partial charge in [0, 0.05) is 25.9 Å². The molecule has 1 fully saturated rings. The van der Waals surface area contributed by atoms with Gasteiger partial charge in [-0.25, -0.2) is 4.98 Å². The van der Waals surface area contributed by atoms with E-state index in [1.807, 2.05) is 30.3 Å². The van der Waals surface area contributed by atoms with E-state index >= 15 is 0 Å². The van der Waals surface area contributed by atoms with Gasteiger partial charge in [-0.3, -0.25) is 9.59 Å². The van der Waals surface area contributed by atoms with Gasteiger partial charge in [0.05, 0.1) is 6.54 Å². The number of ether oxygens (including phenoxy) is 1. The summed E-state index contributed by atoms with van der Waals surface area (Å²) in [6.45, 7) is 0.300. The normalized spacial score (nSPS) is 20.5. The minimum Gasteiger partial charge on any atom is -0.488 e. The summed E-state index contributed by atoms with van der Waals surface area (Å²) in [7, 11) is 1.73. The lowest BCUT2D eigenvalue weighted by atomic mass is 10.2. The van der Waals surface area contributed by atoms with Crippen LogP contribution >= 0.6 is 0 Å². The van der Waals surface area contributed by atoms with E-state index in [0.29, 0.717) is 18.7 Å². The molecule has 7 nitrogen and oxygen atoms in total. The van der Waals surface area contributed by atoms with Crippen LogP contribution in [0, 0.1) is 0 Å². The van der Waals surface area contributed by atoms with Crippen molar-refractivity contribution in [3.8, 4) is 5.75 Å². The number of carbonyl (C=O) groups excluding carboxylic acids is 2. The summed E-state index contributed by atoms with van der Waals surface area (Å²) in [4.78, 5) is 29.8. The quantitative estimate of drug-likeness (QED) is 0.893. The van der Waals surface area contributed by atoms with Crippen LogP contribution in [0.1, 0.15) is 17.0 Å². The number of carbonyl (C=O) groups is 2. The third kappa shape index (κ3) is 3.03. The van der Waals surface area contributed by atoms with Gasteiger partial charge in [-0.1, -0.05) is 18.2 Å². The van der Waals surface area contributed by atoms with Crippen molar-refractivity contribution in [1.82, 2.24) is 14.5 Å². The maximum absolute atomic E-state index is 12.6. The molecule has 2 N–H and O–H groups in total. The van der Waals surface area contributed by atoms with Crippen LogP contribution in [0.4, 0.5) is 0 Å². The summed E-state index contributed by atoms with van der Waals surface area (Å²) in [5.41, 5.74) is 5.46. The number of rotatable bonds is 4. The van der Waals surface area contributed by atoms with Crippen LogP contribution in [0.3, 0.4) is 0 Å². The number of imidazole rings is 1. The third-order valence-electron chi connectivity index (χ3n) is 3.91. The Kier molecular flexibility index (Phi) is 4.01. The lowest BCUT2D eigenvalue weighted by molar-refractivity contribution is -0.121. The van der Waals surface area contributed by atoms with Crippen LogP contribution in [0.5, 0.6) is 5.75 Å².